The minimum atomic E-state index is 0.998. The van der Waals surface area contributed by atoms with E-state index in [2.05, 4.69) is 258 Å². The molecule has 0 bridgehead atoms. The normalized spacial score (nSPS) is 11.9. The van der Waals surface area contributed by atoms with Crippen LogP contribution in [0.1, 0.15) is 0 Å². The van der Waals surface area contributed by atoms with Crippen molar-refractivity contribution in [3.8, 4) is 56.0 Å². The van der Waals surface area contributed by atoms with E-state index in [4.69, 9.17) is 4.98 Å². The monoisotopic (exact) mass is 919 g/mol. The van der Waals surface area contributed by atoms with Crippen LogP contribution >= 0.6 is 11.3 Å². The molecule has 0 fully saturated rings. The molecule has 0 spiro atoms. The highest BCUT2D eigenvalue weighted by molar-refractivity contribution is 7.26. The summed E-state index contributed by atoms with van der Waals surface area (Å²) in [5.41, 5.74) is 17.3. The van der Waals surface area contributed by atoms with Crippen molar-refractivity contribution in [3.63, 3.8) is 0 Å². The predicted octanol–water partition coefficient (Wildman–Crippen LogP) is 18.6. The van der Waals surface area contributed by atoms with Crippen LogP contribution in [0.4, 0.5) is 0 Å². The van der Waals surface area contributed by atoms with Gasteiger partial charge in [-0.25, -0.2) is 4.98 Å². The molecule has 4 aromatic heterocycles. The number of nitrogens with zero attached hydrogens (tertiary/aromatic N) is 3. The highest BCUT2D eigenvalue weighted by Crippen LogP contribution is 2.48. The summed E-state index contributed by atoms with van der Waals surface area (Å²) in [5.74, 6) is 0. The molecule has 15 rings (SSSR count). The van der Waals surface area contributed by atoms with Gasteiger partial charge in [0, 0.05) is 64.4 Å². The molecule has 0 aliphatic heterocycles. The van der Waals surface area contributed by atoms with Gasteiger partial charge in [0.25, 0.3) is 0 Å². The Labute approximate surface area is 413 Å². The van der Waals surface area contributed by atoms with Gasteiger partial charge in [-0.15, -0.1) is 11.3 Å². The quantitative estimate of drug-likeness (QED) is 0.152. The lowest BCUT2D eigenvalue weighted by molar-refractivity contribution is 1.18. The molecule has 0 saturated carbocycles. The van der Waals surface area contributed by atoms with Gasteiger partial charge in [0.15, 0.2) is 0 Å². The number of pyridine rings is 1. The second-order valence-electron chi connectivity index (χ2n) is 18.6. The van der Waals surface area contributed by atoms with Crippen molar-refractivity contribution in [2.24, 2.45) is 0 Å². The van der Waals surface area contributed by atoms with Gasteiger partial charge in [0.05, 0.1) is 43.7 Å². The molecule has 0 atom stereocenters. The van der Waals surface area contributed by atoms with Crippen molar-refractivity contribution in [2.45, 2.75) is 0 Å². The molecule has 15 aromatic rings. The predicted molar refractivity (Wildman–Crippen MR) is 303 cm³/mol. The second kappa shape index (κ2) is 15.7. The Morgan fingerprint density at radius 2 is 0.789 bits per heavy atom. The van der Waals surface area contributed by atoms with E-state index in [1.807, 2.05) is 11.3 Å². The molecule has 71 heavy (non-hydrogen) atoms. The second-order valence-corrected chi connectivity index (χ2v) is 19.7. The average Bonchev–Trinajstić information content (AvgIpc) is 4.11. The highest BCUT2D eigenvalue weighted by atomic mass is 32.1. The number of fused-ring (bicyclic) bond motifs is 13. The Morgan fingerprint density at radius 3 is 1.42 bits per heavy atom. The maximum absolute atomic E-state index is 5.42. The molecule has 3 nitrogen and oxygen atoms in total. The summed E-state index contributed by atoms with van der Waals surface area (Å²) in [6.07, 6.45) is 0. The van der Waals surface area contributed by atoms with Crippen LogP contribution in [0.25, 0.3) is 141 Å². The molecule has 330 valence electrons. The van der Waals surface area contributed by atoms with E-state index in [-0.39, 0.29) is 0 Å². The number of hydrogen-bond donors (Lipinski definition) is 0. The van der Waals surface area contributed by atoms with Gasteiger partial charge in [-0.3, -0.25) is 0 Å². The third-order valence-electron chi connectivity index (χ3n) is 14.6. The lowest BCUT2D eigenvalue weighted by atomic mass is 9.95. The number of aromatic nitrogens is 3. The number of para-hydroxylation sites is 3. The van der Waals surface area contributed by atoms with E-state index >= 15 is 0 Å². The summed E-state index contributed by atoms with van der Waals surface area (Å²) in [5, 5.41) is 11.0. The van der Waals surface area contributed by atoms with E-state index in [1.54, 1.807) is 0 Å². The van der Waals surface area contributed by atoms with E-state index in [1.165, 1.54) is 114 Å². The Bertz CT molecular complexity index is 4560. The summed E-state index contributed by atoms with van der Waals surface area (Å²) >= 11 is 1.89. The fourth-order valence-corrected chi connectivity index (χ4v) is 12.7. The lowest BCUT2D eigenvalue weighted by Crippen LogP contribution is -1.97. The van der Waals surface area contributed by atoms with Gasteiger partial charge >= 0.3 is 0 Å². The Balaban J connectivity index is 0.946. The third-order valence-corrected chi connectivity index (χ3v) is 15.8. The molecule has 0 unspecified atom stereocenters. The highest BCUT2D eigenvalue weighted by Gasteiger charge is 2.23. The standard InChI is InChI=1S/C67H41N3S/c1-4-18-42(19-5-1)47-36-48(43-20-6-2-7-21-43)38-49(37-47)69-58-29-15-11-24-50(58)54-39-45(32-34-60(54)69)46-33-35-61-55(40-46)51-25-12-16-30-59(51)70(61)62-41-56-64(65-53-27-13-17-31-63(53)71-67(62)65)52-26-10-14-28-57(52)68-66(56)44-22-8-3-9-23-44/h1-41H. The topological polar surface area (TPSA) is 22.8 Å². The third kappa shape index (κ3) is 6.18. The summed E-state index contributed by atoms with van der Waals surface area (Å²) in [6.45, 7) is 0. The molecule has 4 heteroatoms. The zero-order valence-electron chi connectivity index (χ0n) is 38.4. The van der Waals surface area contributed by atoms with E-state index in [9.17, 15) is 0 Å². The first-order chi connectivity index (χ1) is 35.2. The molecule has 0 saturated heterocycles. The number of thiophene rings is 1. The largest absolute Gasteiger partial charge is 0.309 e. The van der Waals surface area contributed by atoms with Crippen molar-refractivity contribution >= 4 is 96.8 Å². The maximum atomic E-state index is 5.42. The zero-order valence-corrected chi connectivity index (χ0v) is 39.2. The van der Waals surface area contributed by atoms with E-state index in [0.29, 0.717) is 0 Å². The van der Waals surface area contributed by atoms with Crippen LogP contribution in [0.3, 0.4) is 0 Å². The van der Waals surface area contributed by atoms with Gasteiger partial charge in [-0.05, 0) is 106 Å². The van der Waals surface area contributed by atoms with Crippen molar-refractivity contribution < 1.29 is 0 Å². The van der Waals surface area contributed by atoms with E-state index < -0.39 is 0 Å². The SMILES string of the molecule is c1ccc(-c2cc(-c3ccccc3)cc(-n3c4ccccc4c4cc(-c5ccc6c(c5)c5ccccc5n6-c5cc6c(-c7ccccc7)nc7ccccc7c6c6c5sc5ccccc56)ccc43)c2)cc1. The van der Waals surface area contributed by atoms with Crippen molar-refractivity contribution in [1.82, 2.24) is 14.1 Å². The number of benzene rings is 11. The van der Waals surface area contributed by atoms with Gasteiger partial charge < -0.3 is 9.13 Å². The Morgan fingerprint density at radius 1 is 0.296 bits per heavy atom. The van der Waals surface area contributed by atoms with E-state index in [0.717, 1.165) is 27.8 Å². The molecular formula is C67H41N3S. The maximum Gasteiger partial charge on any atom is 0.0789 e. The summed E-state index contributed by atoms with van der Waals surface area (Å²) in [7, 11) is 0. The van der Waals surface area contributed by atoms with Crippen LogP contribution in [0.15, 0.2) is 249 Å². The molecular weight excluding hydrogens is 879 g/mol. The molecule has 0 aliphatic carbocycles. The molecule has 4 heterocycles. The van der Waals surface area contributed by atoms with Crippen LogP contribution in [-0.4, -0.2) is 14.1 Å². The van der Waals surface area contributed by atoms with Gasteiger partial charge in [-0.1, -0.05) is 176 Å². The molecule has 0 radical (unpaired) electrons. The first-order valence-corrected chi connectivity index (χ1v) is 25.1. The average molecular weight is 920 g/mol. The van der Waals surface area contributed by atoms with Crippen LogP contribution in [0.5, 0.6) is 0 Å². The van der Waals surface area contributed by atoms with Gasteiger partial charge in [0.1, 0.15) is 0 Å². The molecule has 0 amide bonds. The first kappa shape index (κ1) is 39.9. The number of hydrogen-bond acceptors (Lipinski definition) is 2. The minimum Gasteiger partial charge on any atom is -0.309 e. The molecule has 11 aromatic carbocycles. The fourth-order valence-electron chi connectivity index (χ4n) is 11.5. The Kier molecular flexibility index (Phi) is 8.83. The summed E-state index contributed by atoms with van der Waals surface area (Å²) in [4.78, 5) is 5.42. The van der Waals surface area contributed by atoms with Gasteiger partial charge in [-0.2, -0.15) is 0 Å². The molecule has 0 aliphatic rings. The number of rotatable bonds is 6. The summed E-state index contributed by atoms with van der Waals surface area (Å²) < 4.78 is 7.51. The Hall–Kier alpha value is -9.09. The first-order valence-electron chi connectivity index (χ1n) is 24.3. The van der Waals surface area contributed by atoms with Crippen LogP contribution < -0.4 is 0 Å². The van der Waals surface area contributed by atoms with Crippen molar-refractivity contribution in [3.05, 3.63) is 249 Å². The van der Waals surface area contributed by atoms with Crippen LogP contribution in [-0.2, 0) is 0 Å². The summed E-state index contributed by atoms with van der Waals surface area (Å²) in [6, 6.07) is 91.0. The zero-order chi connectivity index (χ0) is 46.6. The lowest BCUT2D eigenvalue weighted by Gasteiger charge is -2.16. The fraction of sp³-hybridized carbons (Fsp3) is 0. The van der Waals surface area contributed by atoms with Crippen LogP contribution in [0.2, 0.25) is 0 Å². The van der Waals surface area contributed by atoms with Crippen molar-refractivity contribution in [2.75, 3.05) is 0 Å². The molecule has 0 N–H and O–H groups in total. The van der Waals surface area contributed by atoms with Crippen LogP contribution in [0, 0.1) is 0 Å². The van der Waals surface area contributed by atoms with Gasteiger partial charge in [0.2, 0.25) is 0 Å². The smallest absolute Gasteiger partial charge is 0.0789 e. The minimum absolute atomic E-state index is 0.998. The van der Waals surface area contributed by atoms with Crippen molar-refractivity contribution in [1.29, 1.82) is 0 Å².